The third-order valence-electron chi connectivity index (χ3n) is 3.75. The summed E-state index contributed by atoms with van der Waals surface area (Å²) < 4.78 is 0. The minimum absolute atomic E-state index is 0.138. The van der Waals surface area contributed by atoms with Gasteiger partial charge in [-0.3, -0.25) is 4.99 Å². The fraction of sp³-hybridized carbons (Fsp3) is 0.389. The number of rotatable bonds is 2. The summed E-state index contributed by atoms with van der Waals surface area (Å²) in [6.45, 7) is 10.9. The minimum atomic E-state index is 0.138. The molecule has 0 saturated heterocycles. The summed E-state index contributed by atoms with van der Waals surface area (Å²) in [6.07, 6.45) is 0. The van der Waals surface area contributed by atoms with E-state index in [-0.39, 0.29) is 11.5 Å². The molecule has 0 N–H and O–H groups in total. The van der Waals surface area contributed by atoms with Crippen molar-refractivity contribution in [2.45, 2.75) is 40.7 Å². The maximum absolute atomic E-state index is 4.89. The van der Waals surface area contributed by atoms with Gasteiger partial charge in [0.25, 0.3) is 0 Å². The fourth-order valence-electron chi connectivity index (χ4n) is 2.17. The summed E-state index contributed by atoms with van der Waals surface area (Å²) in [5.41, 5.74) is 2.65. The van der Waals surface area contributed by atoms with Crippen molar-refractivity contribution in [3.8, 4) is 0 Å². The lowest BCUT2D eigenvalue weighted by Crippen LogP contribution is -2.17. The number of benzene rings is 2. The van der Waals surface area contributed by atoms with Gasteiger partial charge in [-0.25, -0.2) is 0 Å². The molecule has 0 radical (unpaired) electrons. The van der Waals surface area contributed by atoms with Crippen molar-refractivity contribution in [1.82, 2.24) is 0 Å². The number of nitrogens with zero attached hydrogens (tertiary/aromatic N) is 1. The van der Waals surface area contributed by atoms with Crippen LogP contribution in [0.4, 0.5) is 0 Å². The largest absolute Gasteiger partial charge is 0.286 e. The van der Waals surface area contributed by atoms with Crippen LogP contribution in [-0.4, -0.2) is 5.71 Å². The summed E-state index contributed by atoms with van der Waals surface area (Å²) in [6, 6.07) is 15.2. The average molecular weight is 253 g/mol. The first-order valence-corrected chi connectivity index (χ1v) is 6.92. The molecule has 0 aliphatic rings. The van der Waals surface area contributed by atoms with Gasteiger partial charge in [-0.05, 0) is 35.6 Å². The summed E-state index contributed by atoms with van der Waals surface area (Å²) in [7, 11) is 0. The second kappa shape index (κ2) is 5.16. The van der Waals surface area contributed by atoms with E-state index in [9.17, 15) is 0 Å². The first kappa shape index (κ1) is 13.8. The van der Waals surface area contributed by atoms with Gasteiger partial charge in [-0.2, -0.15) is 0 Å². The molecule has 1 heteroatoms. The summed E-state index contributed by atoms with van der Waals surface area (Å²) in [5, 5.41) is 2.60. The molecule has 1 atom stereocenters. The van der Waals surface area contributed by atoms with Crippen LogP contribution in [-0.2, 0) is 0 Å². The van der Waals surface area contributed by atoms with Crippen molar-refractivity contribution in [3.05, 3.63) is 48.0 Å². The van der Waals surface area contributed by atoms with Gasteiger partial charge in [-0.15, -0.1) is 0 Å². The Morgan fingerprint density at radius 1 is 1.00 bits per heavy atom. The maximum atomic E-state index is 4.89. The third kappa shape index (κ3) is 3.04. The maximum Gasteiger partial charge on any atom is 0.0726 e. The second-order valence-corrected chi connectivity index (χ2v) is 6.21. The van der Waals surface area contributed by atoms with Gasteiger partial charge in [-0.1, -0.05) is 63.2 Å². The van der Waals surface area contributed by atoms with Gasteiger partial charge in [0.2, 0.25) is 0 Å². The van der Waals surface area contributed by atoms with Crippen LogP contribution in [0.2, 0.25) is 0 Å². The van der Waals surface area contributed by atoms with E-state index in [0.29, 0.717) is 0 Å². The van der Waals surface area contributed by atoms with Crippen LogP contribution < -0.4 is 0 Å². The predicted molar refractivity (Wildman–Crippen MR) is 84.9 cm³/mol. The van der Waals surface area contributed by atoms with E-state index in [1.54, 1.807) is 0 Å². The van der Waals surface area contributed by atoms with E-state index < -0.39 is 0 Å². The number of aliphatic imine (C=N–C) groups is 1. The van der Waals surface area contributed by atoms with Crippen molar-refractivity contribution < 1.29 is 0 Å². The van der Waals surface area contributed by atoms with E-state index in [0.717, 1.165) is 0 Å². The van der Waals surface area contributed by atoms with Crippen molar-refractivity contribution in [2.75, 3.05) is 0 Å². The highest BCUT2D eigenvalue weighted by molar-refractivity contribution is 5.89. The lowest BCUT2D eigenvalue weighted by atomic mass is 9.90. The number of fused-ring (bicyclic) bond motifs is 1. The molecule has 0 bridgehead atoms. The molecule has 0 unspecified atom stereocenters. The van der Waals surface area contributed by atoms with E-state index in [2.05, 4.69) is 77.1 Å². The zero-order valence-corrected chi connectivity index (χ0v) is 12.6. The minimum Gasteiger partial charge on any atom is -0.286 e. The topological polar surface area (TPSA) is 12.4 Å². The van der Waals surface area contributed by atoms with Crippen LogP contribution in [0.3, 0.4) is 0 Å². The molecule has 0 aliphatic carbocycles. The van der Waals surface area contributed by atoms with Crippen molar-refractivity contribution in [3.63, 3.8) is 0 Å². The SMILES string of the molecule is CC(=N[C@H](C)c1cccc2ccccc12)C(C)(C)C. The molecule has 2 rings (SSSR count). The predicted octanol–water partition coefficient (Wildman–Crippen LogP) is 5.41. The van der Waals surface area contributed by atoms with E-state index in [1.165, 1.54) is 22.0 Å². The van der Waals surface area contributed by atoms with Gasteiger partial charge in [0, 0.05) is 5.71 Å². The van der Waals surface area contributed by atoms with E-state index in [1.807, 2.05) is 0 Å². The molecule has 0 heterocycles. The molecule has 0 amide bonds. The Kier molecular flexibility index (Phi) is 3.75. The third-order valence-corrected chi connectivity index (χ3v) is 3.75. The quantitative estimate of drug-likeness (QED) is 0.635. The Morgan fingerprint density at radius 2 is 1.63 bits per heavy atom. The van der Waals surface area contributed by atoms with E-state index in [4.69, 9.17) is 4.99 Å². The zero-order valence-electron chi connectivity index (χ0n) is 12.6. The van der Waals surface area contributed by atoms with Crippen LogP contribution >= 0.6 is 0 Å². The van der Waals surface area contributed by atoms with Crippen molar-refractivity contribution >= 4 is 16.5 Å². The molecular weight excluding hydrogens is 230 g/mol. The van der Waals surface area contributed by atoms with Crippen LogP contribution in [0.5, 0.6) is 0 Å². The first-order valence-electron chi connectivity index (χ1n) is 6.92. The molecule has 2 aromatic rings. The smallest absolute Gasteiger partial charge is 0.0726 e. The Labute approximate surface area is 116 Å². The molecule has 0 aliphatic heterocycles. The lowest BCUT2D eigenvalue weighted by Gasteiger charge is -2.20. The monoisotopic (exact) mass is 253 g/mol. The highest BCUT2D eigenvalue weighted by atomic mass is 14.8. The van der Waals surface area contributed by atoms with Crippen molar-refractivity contribution in [1.29, 1.82) is 0 Å². The van der Waals surface area contributed by atoms with Crippen molar-refractivity contribution in [2.24, 2.45) is 10.4 Å². The molecule has 0 saturated carbocycles. The molecular formula is C18H23N. The normalized spacial score (nSPS) is 14.7. The highest BCUT2D eigenvalue weighted by Gasteiger charge is 2.16. The van der Waals surface area contributed by atoms with Gasteiger partial charge < -0.3 is 0 Å². The standard InChI is InChI=1S/C18H23N/c1-13(19-14(2)18(3,4)5)16-12-8-10-15-9-6-7-11-17(15)16/h6-13H,1-5H3/t13-/m1/s1. The summed E-state index contributed by atoms with van der Waals surface area (Å²) in [4.78, 5) is 4.89. The molecule has 2 aromatic carbocycles. The number of hydrogen-bond donors (Lipinski definition) is 0. The first-order chi connectivity index (χ1) is 8.89. The lowest BCUT2D eigenvalue weighted by molar-refractivity contribution is 0.579. The summed E-state index contributed by atoms with van der Waals surface area (Å²) in [5.74, 6) is 0. The van der Waals surface area contributed by atoms with E-state index >= 15 is 0 Å². The summed E-state index contributed by atoms with van der Waals surface area (Å²) >= 11 is 0. The van der Waals surface area contributed by atoms with Gasteiger partial charge >= 0.3 is 0 Å². The fourth-order valence-corrected chi connectivity index (χ4v) is 2.17. The van der Waals surface area contributed by atoms with Crippen LogP contribution in [0.25, 0.3) is 10.8 Å². The molecule has 0 spiro atoms. The van der Waals surface area contributed by atoms with Gasteiger partial charge in [0.15, 0.2) is 0 Å². The Hall–Kier alpha value is -1.63. The average Bonchev–Trinajstić information content (AvgIpc) is 2.36. The van der Waals surface area contributed by atoms with Crippen LogP contribution in [0.1, 0.15) is 46.2 Å². The van der Waals surface area contributed by atoms with Gasteiger partial charge in [0.1, 0.15) is 0 Å². The zero-order chi connectivity index (χ0) is 14.0. The van der Waals surface area contributed by atoms with Crippen LogP contribution in [0, 0.1) is 5.41 Å². The number of hydrogen-bond acceptors (Lipinski definition) is 1. The molecule has 100 valence electrons. The second-order valence-electron chi connectivity index (χ2n) is 6.21. The Bertz CT molecular complexity index is 597. The van der Waals surface area contributed by atoms with Crippen LogP contribution in [0.15, 0.2) is 47.5 Å². The molecule has 1 nitrogen and oxygen atoms in total. The Morgan fingerprint density at radius 3 is 2.32 bits per heavy atom. The molecule has 19 heavy (non-hydrogen) atoms. The van der Waals surface area contributed by atoms with Gasteiger partial charge in [0.05, 0.1) is 6.04 Å². The molecule has 0 aromatic heterocycles. The Balaban J connectivity index is 2.45. The molecule has 0 fully saturated rings. The highest BCUT2D eigenvalue weighted by Crippen LogP contribution is 2.28.